The highest BCUT2D eigenvalue weighted by molar-refractivity contribution is 7.98. The van der Waals surface area contributed by atoms with Crippen molar-refractivity contribution in [3.05, 3.63) is 29.8 Å². The highest BCUT2D eigenvalue weighted by atomic mass is 32.2. The summed E-state index contributed by atoms with van der Waals surface area (Å²) in [7, 11) is 2.14. The van der Waals surface area contributed by atoms with Crippen LogP contribution in [0.1, 0.15) is 36.7 Å². The van der Waals surface area contributed by atoms with E-state index in [4.69, 9.17) is 4.98 Å². The number of anilines is 2. The van der Waals surface area contributed by atoms with E-state index < -0.39 is 0 Å². The number of aromatic nitrogens is 4. The van der Waals surface area contributed by atoms with Crippen LogP contribution in [-0.2, 0) is 0 Å². The van der Waals surface area contributed by atoms with Crippen LogP contribution in [0.2, 0.25) is 0 Å². The van der Waals surface area contributed by atoms with Crippen molar-refractivity contribution in [3.8, 4) is 0 Å². The molecule has 1 saturated carbocycles. The molecule has 0 amide bonds. The van der Waals surface area contributed by atoms with Crippen LogP contribution in [0.3, 0.4) is 0 Å². The Balaban J connectivity index is 1.48. The van der Waals surface area contributed by atoms with E-state index in [0.717, 1.165) is 47.8 Å². The molecule has 1 aliphatic heterocycles. The van der Waals surface area contributed by atoms with Crippen LogP contribution >= 0.6 is 11.8 Å². The second-order valence-corrected chi connectivity index (χ2v) is 7.67. The van der Waals surface area contributed by atoms with E-state index >= 15 is 0 Å². The summed E-state index contributed by atoms with van der Waals surface area (Å²) in [6.45, 7) is 4.01. The minimum Gasteiger partial charge on any atom is -0.355 e. The van der Waals surface area contributed by atoms with Crippen molar-refractivity contribution < 1.29 is 0 Å². The predicted molar refractivity (Wildman–Crippen MR) is 102 cm³/mol. The van der Waals surface area contributed by atoms with Crippen molar-refractivity contribution >= 4 is 23.4 Å². The quantitative estimate of drug-likeness (QED) is 0.603. The number of likely N-dealkylation sites (N-methyl/N-ethyl adjacent to an activating group) is 1. The zero-order chi connectivity index (χ0) is 17.4. The maximum atomic E-state index is 4.79. The van der Waals surface area contributed by atoms with Gasteiger partial charge in [0.2, 0.25) is 0 Å². The number of nitrogens with zero attached hydrogens (tertiary/aromatic N) is 6. The number of hydrogen-bond donors (Lipinski definition) is 0. The molecule has 2 aromatic rings. The predicted octanol–water partition coefficient (Wildman–Crippen LogP) is 2.89. The number of rotatable bonds is 5. The van der Waals surface area contributed by atoms with Gasteiger partial charge in [0.1, 0.15) is 17.5 Å². The number of thioether (sulfide) groups is 1. The lowest BCUT2D eigenvalue weighted by molar-refractivity contribution is 0.679. The lowest BCUT2D eigenvalue weighted by atomic mass is 10.2. The van der Waals surface area contributed by atoms with Crippen molar-refractivity contribution in [1.29, 1.82) is 0 Å². The van der Waals surface area contributed by atoms with Gasteiger partial charge in [0.25, 0.3) is 0 Å². The topological polar surface area (TPSA) is 58.0 Å². The van der Waals surface area contributed by atoms with Gasteiger partial charge in [-0.3, -0.25) is 0 Å². The molecule has 3 heterocycles. The van der Waals surface area contributed by atoms with Crippen LogP contribution in [0, 0.1) is 6.92 Å². The molecule has 0 spiro atoms. The molecule has 2 aliphatic rings. The summed E-state index contributed by atoms with van der Waals surface area (Å²) in [5.74, 6) is 3.67. The highest BCUT2D eigenvalue weighted by Gasteiger charge is 2.30. The standard InChI is InChI=1S/C18H24N6S/c1-12-10-16(22-18(20-12)25-3)24-9-7-14(11-24)23(2)15-6-8-19-17(21-15)13-4-5-13/h6,8,10,13-14H,4-5,7,9,11H2,1-3H3. The average Bonchev–Trinajstić information content (AvgIpc) is 3.37. The first-order valence-electron chi connectivity index (χ1n) is 8.84. The Morgan fingerprint density at radius 2 is 2.04 bits per heavy atom. The second-order valence-electron chi connectivity index (χ2n) is 6.90. The molecule has 25 heavy (non-hydrogen) atoms. The van der Waals surface area contributed by atoms with Crippen molar-refractivity contribution in [3.63, 3.8) is 0 Å². The second kappa shape index (κ2) is 6.78. The third-order valence-electron chi connectivity index (χ3n) is 5.00. The van der Waals surface area contributed by atoms with Crippen LogP contribution < -0.4 is 9.80 Å². The van der Waals surface area contributed by atoms with Gasteiger partial charge in [-0.25, -0.2) is 19.9 Å². The zero-order valence-corrected chi connectivity index (χ0v) is 15.8. The zero-order valence-electron chi connectivity index (χ0n) is 15.0. The smallest absolute Gasteiger partial charge is 0.189 e. The molecule has 4 rings (SSSR count). The Labute approximate surface area is 153 Å². The monoisotopic (exact) mass is 356 g/mol. The molecule has 1 unspecified atom stereocenters. The summed E-state index contributed by atoms with van der Waals surface area (Å²) in [5.41, 5.74) is 1.02. The summed E-state index contributed by atoms with van der Waals surface area (Å²) in [6, 6.07) is 4.54. The van der Waals surface area contributed by atoms with E-state index in [-0.39, 0.29) is 0 Å². The largest absolute Gasteiger partial charge is 0.355 e. The Morgan fingerprint density at radius 1 is 1.20 bits per heavy atom. The van der Waals surface area contributed by atoms with Crippen molar-refractivity contribution in [2.24, 2.45) is 0 Å². The van der Waals surface area contributed by atoms with Crippen molar-refractivity contribution in [2.45, 2.75) is 43.3 Å². The van der Waals surface area contributed by atoms with Crippen molar-refractivity contribution in [1.82, 2.24) is 19.9 Å². The Morgan fingerprint density at radius 3 is 2.80 bits per heavy atom. The molecule has 1 aliphatic carbocycles. The third kappa shape index (κ3) is 3.56. The fourth-order valence-electron chi connectivity index (χ4n) is 3.33. The van der Waals surface area contributed by atoms with Crippen molar-refractivity contribution in [2.75, 3.05) is 36.2 Å². The van der Waals surface area contributed by atoms with Gasteiger partial charge in [-0.2, -0.15) is 0 Å². The molecule has 1 atom stereocenters. The molecule has 0 aromatic carbocycles. The summed E-state index contributed by atoms with van der Waals surface area (Å²) >= 11 is 1.59. The van der Waals surface area contributed by atoms with Gasteiger partial charge in [0.15, 0.2) is 5.16 Å². The van der Waals surface area contributed by atoms with Gasteiger partial charge in [-0.15, -0.1) is 0 Å². The first-order chi connectivity index (χ1) is 12.1. The average molecular weight is 356 g/mol. The fraction of sp³-hybridized carbons (Fsp3) is 0.556. The molecule has 0 N–H and O–H groups in total. The van der Waals surface area contributed by atoms with Crippen LogP contribution in [0.5, 0.6) is 0 Å². The van der Waals surface area contributed by atoms with E-state index in [1.807, 2.05) is 25.4 Å². The van der Waals surface area contributed by atoms with E-state index in [9.17, 15) is 0 Å². The van der Waals surface area contributed by atoms with E-state index in [1.165, 1.54) is 12.8 Å². The van der Waals surface area contributed by atoms with Gasteiger partial charge >= 0.3 is 0 Å². The summed E-state index contributed by atoms with van der Waals surface area (Å²) < 4.78 is 0. The van der Waals surface area contributed by atoms with E-state index in [2.05, 4.69) is 37.9 Å². The van der Waals surface area contributed by atoms with Crippen LogP contribution in [0.4, 0.5) is 11.6 Å². The Bertz CT molecular complexity index is 763. The molecule has 132 valence electrons. The van der Waals surface area contributed by atoms with Crippen LogP contribution in [0.15, 0.2) is 23.5 Å². The molecule has 0 bridgehead atoms. The number of aryl methyl sites for hydroxylation is 1. The van der Waals surface area contributed by atoms with Gasteiger partial charge in [-0.05, 0) is 38.5 Å². The Hall–Kier alpha value is -1.89. The summed E-state index contributed by atoms with van der Waals surface area (Å²) in [5, 5.41) is 0.844. The first kappa shape index (κ1) is 16.6. The normalized spacial score (nSPS) is 20.1. The summed E-state index contributed by atoms with van der Waals surface area (Å²) in [4.78, 5) is 23.0. The fourth-order valence-corrected chi connectivity index (χ4v) is 3.75. The molecule has 2 fully saturated rings. The highest BCUT2D eigenvalue weighted by Crippen LogP contribution is 2.38. The third-order valence-corrected chi connectivity index (χ3v) is 5.55. The minimum atomic E-state index is 0.440. The maximum Gasteiger partial charge on any atom is 0.189 e. The molecule has 0 radical (unpaired) electrons. The lowest BCUT2D eigenvalue weighted by Gasteiger charge is -2.26. The van der Waals surface area contributed by atoms with Crippen LogP contribution in [-0.4, -0.2) is 52.4 Å². The Kier molecular flexibility index (Phi) is 4.50. The van der Waals surface area contributed by atoms with Gasteiger partial charge in [0.05, 0.1) is 0 Å². The molecular weight excluding hydrogens is 332 g/mol. The summed E-state index contributed by atoms with van der Waals surface area (Å²) in [6.07, 6.45) is 7.49. The lowest BCUT2D eigenvalue weighted by Crippen LogP contribution is -2.35. The molecule has 6 nitrogen and oxygen atoms in total. The molecule has 1 saturated heterocycles. The van der Waals surface area contributed by atoms with Crippen LogP contribution in [0.25, 0.3) is 0 Å². The van der Waals surface area contributed by atoms with Gasteiger partial charge < -0.3 is 9.80 Å². The first-order valence-corrected chi connectivity index (χ1v) is 10.1. The van der Waals surface area contributed by atoms with Gasteiger partial charge in [-0.1, -0.05) is 11.8 Å². The van der Waals surface area contributed by atoms with E-state index in [0.29, 0.717) is 12.0 Å². The minimum absolute atomic E-state index is 0.440. The molecule has 7 heteroatoms. The number of hydrogen-bond acceptors (Lipinski definition) is 7. The molecule has 2 aromatic heterocycles. The van der Waals surface area contributed by atoms with E-state index in [1.54, 1.807) is 11.8 Å². The SMILES string of the molecule is CSc1nc(C)cc(N2CCC(N(C)c3ccnc(C4CC4)n3)C2)n1. The molecular formula is C18H24N6S. The van der Waals surface area contributed by atoms with Gasteiger partial charge in [0, 0.05) is 50.1 Å². The maximum absolute atomic E-state index is 4.79.